The molecule has 2 aliphatic carbocycles. The lowest BCUT2D eigenvalue weighted by atomic mass is 9.95. The van der Waals surface area contributed by atoms with E-state index < -0.39 is 10.0 Å². The molecule has 0 aliphatic heterocycles. The smallest absolute Gasteiger partial charge is 0.240 e. The van der Waals surface area contributed by atoms with Crippen LogP contribution < -0.4 is 10.0 Å². The van der Waals surface area contributed by atoms with Gasteiger partial charge in [-0.3, -0.25) is 0 Å². The average Bonchev–Trinajstić information content (AvgIpc) is 3.02. The number of sulfonamides is 1. The van der Waals surface area contributed by atoms with E-state index in [2.05, 4.69) is 10.0 Å². The summed E-state index contributed by atoms with van der Waals surface area (Å²) in [6, 6.07) is 7.60. The number of hydrogen-bond donors (Lipinski definition) is 2. The summed E-state index contributed by atoms with van der Waals surface area (Å²) < 4.78 is 25.6. The van der Waals surface area contributed by atoms with E-state index in [1.807, 2.05) is 12.1 Å². The predicted octanol–water partition coefficient (Wildman–Crippen LogP) is 2.20. The van der Waals surface area contributed by atoms with Crippen LogP contribution in [0.15, 0.2) is 29.2 Å². The number of anilines is 1. The van der Waals surface area contributed by atoms with Crippen LogP contribution in [0.4, 0.5) is 5.69 Å². The number of rotatable bonds is 4. The van der Waals surface area contributed by atoms with Crippen LogP contribution in [0.3, 0.4) is 0 Å². The van der Waals surface area contributed by atoms with Gasteiger partial charge in [0.05, 0.1) is 4.90 Å². The SMILES string of the molecule is CNS(=O)(=O)c1ccc(NC2CC3CCC2C3)cc1. The van der Waals surface area contributed by atoms with E-state index in [9.17, 15) is 8.42 Å². The van der Waals surface area contributed by atoms with Gasteiger partial charge < -0.3 is 5.32 Å². The van der Waals surface area contributed by atoms with Gasteiger partial charge in [0.15, 0.2) is 0 Å². The molecule has 2 fully saturated rings. The maximum atomic E-state index is 11.6. The minimum atomic E-state index is -3.33. The van der Waals surface area contributed by atoms with Crippen LogP contribution >= 0.6 is 0 Å². The molecule has 1 aromatic rings. The first-order chi connectivity index (χ1) is 9.08. The summed E-state index contributed by atoms with van der Waals surface area (Å²) in [6.07, 6.45) is 5.36. The van der Waals surface area contributed by atoms with Gasteiger partial charge in [-0.1, -0.05) is 6.42 Å². The van der Waals surface area contributed by atoms with E-state index in [0.29, 0.717) is 10.9 Å². The summed E-state index contributed by atoms with van der Waals surface area (Å²) in [5.41, 5.74) is 1.02. The largest absolute Gasteiger partial charge is 0.382 e. The molecule has 19 heavy (non-hydrogen) atoms. The third-order valence-corrected chi connectivity index (χ3v) is 5.95. The van der Waals surface area contributed by atoms with Crippen molar-refractivity contribution in [1.82, 2.24) is 4.72 Å². The summed E-state index contributed by atoms with van der Waals surface area (Å²) in [7, 11) is -1.90. The zero-order valence-corrected chi connectivity index (χ0v) is 11.9. The summed E-state index contributed by atoms with van der Waals surface area (Å²) in [6.45, 7) is 0. The topological polar surface area (TPSA) is 58.2 Å². The number of hydrogen-bond acceptors (Lipinski definition) is 3. The Morgan fingerprint density at radius 2 is 1.84 bits per heavy atom. The van der Waals surface area contributed by atoms with E-state index in [-0.39, 0.29) is 0 Å². The minimum Gasteiger partial charge on any atom is -0.382 e. The normalized spacial score (nSPS) is 29.6. The molecule has 4 nitrogen and oxygen atoms in total. The Labute approximate surface area is 114 Å². The van der Waals surface area contributed by atoms with Crippen molar-refractivity contribution in [2.24, 2.45) is 11.8 Å². The molecular weight excluding hydrogens is 260 g/mol. The molecule has 1 aromatic carbocycles. The third-order valence-electron chi connectivity index (χ3n) is 4.52. The van der Waals surface area contributed by atoms with Gasteiger partial charge in [0.1, 0.15) is 0 Å². The number of fused-ring (bicyclic) bond motifs is 2. The standard InChI is InChI=1S/C14H20N2O2S/c1-15-19(17,18)13-6-4-12(5-7-13)16-14-9-10-2-3-11(14)8-10/h4-7,10-11,14-16H,2-3,8-9H2,1H3. The summed E-state index contributed by atoms with van der Waals surface area (Å²) >= 11 is 0. The highest BCUT2D eigenvalue weighted by Gasteiger charge is 2.39. The molecule has 3 atom stereocenters. The van der Waals surface area contributed by atoms with Gasteiger partial charge in [-0.15, -0.1) is 0 Å². The zero-order chi connectivity index (χ0) is 13.5. The van der Waals surface area contributed by atoms with E-state index in [4.69, 9.17) is 0 Å². The fraction of sp³-hybridized carbons (Fsp3) is 0.571. The van der Waals surface area contributed by atoms with Gasteiger partial charge in [0.2, 0.25) is 10.0 Å². The molecule has 0 aromatic heterocycles. The quantitative estimate of drug-likeness (QED) is 0.889. The van der Waals surface area contributed by atoms with Gasteiger partial charge in [-0.2, -0.15) is 0 Å². The van der Waals surface area contributed by atoms with Crippen LogP contribution in [-0.2, 0) is 10.0 Å². The zero-order valence-electron chi connectivity index (χ0n) is 11.1. The Balaban J connectivity index is 1.70. The van der Waals surface area contributed by atoms with Gasteiger partial charge in [-0.25, -0.2) is 13.1 Å². The molecule has 2 bridgehead atoms. The second kappa shape index (κ2) is 4.80. The van der Waals surface area contributed by atoms with Crippen LogP contribution in [0.25, 0.3) is 0 Å². The molecule has 2 saturated carbocycles. The molecule has 0 spiro atoms. The molecule has 3 unspecified atom stereocenters. The lowest BCUT2D eigenvalue weighted by molar-refractivity contribution is 0.440. The van der Waals surface area contributed by atoms with Crippen LogP contribution in [0.5, 0.6) is 0 Å². The van der Waals surface area contributed by atoms with Crippen LogP contribution in [0, 0.1) is 11.8 Å². The van der Waals surface area contributed by atoms with Crippen molar-refractivity contribution in [3.8, 4) is 0 Å². The maximum absolute atomic E-state index is 11.6. The van der Waals surface area contributed by atoms with E-state index >= 15 is 0 Å². The van der Waals surface area contributed by atoms with Crippen molar-refractivity contribution in [3.63, 3.8) is 0 Å². The maximum Gasteiger partial charge on any atom is 0.240 e. The lowest BCUT2D eigenvalue weighted by Gasteiger charge is -2.24. The first-order valence-corrected chi connectivity index (χ1v) is 8.37. The fourth-order valence-corrected chi connectivity index (χ4v) is 4.21. The highest BCUT2D eigenvalue weighted by molar-refractivity contribution is 7.89. The second-order valence-electron chi connectivity index (χ2n) is 5.66. The second-order valence-corrected chi connectivity index (χ2v) is 7.54. The third kappa shape index (κ3) is 2.49. The van der Waals surface area contributed by atoms with Crippen molar-refractivity contribution in [3.05, 3.63) is 24.3 Å². The van der Waals surface area contributed by atoms with Gasteiger partial charge in [0.25, 0.3) is 0 Å². The highest BCUT2D eigenvalue weighted by Crippen LogP contribution is 2.45. The Morgan fingerprint density at radius 1 is 1.11 bits per heavy atom. The molecule has 3 rings (SSSR count). The molecule has 104 valence electrons. The average molecular weight is 280 g/mol. The fourth-order valence-electron chi connectivity index (χ4n) is 3.48. The first-order valence-electron chi connectivity index (χ1n) is 6.88. The Hall–Kier alpha value is -1.07. The van der Waals surface area contributed by atoms with Gasteiger partial charge >= 0.3 is 0 Å². The highest BCUT2D eigenvalue weighted by atomic mass is 32.2. The summed E-state index contributed by atoms with van der Waals surface area (Å²) in [5, 5.41) is 3.55. The first kappa shape index (κ1) is 12.9. The molecule has 0 amide bonds. The minimum absolute atomic E-state index is 0.313. The lowest BCUT2D eigenvalue weighted by Crippen LogP contribution is -2.25. The van der Waals surface area contributed by atoms with Crippen LogP contribution in [0.1, 0.15) is 25.7 Å². The molecule has 5 heteroatoms. The van der Waals surface area contributed by atoms with Crippen molar-refractivity contribution in [1.29, 1.82) is 0 Å². The molecule has 0 heterocycles. The molecule has 0 radical (unpaired) electrons. The molecular formula is C14H20N2O2S. The number of benzene rings is 1. The summed E-state index contributed by atoms with van der Waals surface area (Å²) in [5.74, 6) is 1.72. The van der Waals surface area contributed by atoms with E-state index in [1.54, 1.807) is 12.1 Å². The van der Waals surface area contributed by atoms with Crippen LogP contribution in [0.2, 0.25) is 0 Å². The van der Waals surface area contributed by atoms with Crippen molar-refractivity contribution in [2.75, 3.05) is 12.4 Å². The van der Waals surface area contributed by atoms with Crippen molar-refractivity contribution in [2.45, 2.75) is 36.6 Å². The molecule has 2 N–H and O–H groups in total. The van der Waals surface area contributed by atoms with Gasteiger partial charge in [0, 0.05) is 11.7 Å². The predicted molar refractivity (Wildman–Crippen MR) is 75.5 cm³/mol. The van der Waals surface area contributed by atoms with Crippen LogP contribution in [-0.4, -0.2) is 21.5 Å². The number of nitrogens with one attached hydrogen (secondary N) is 2. The summed E-state index contributed by atoms with van der Waals surface area (Å²) in [4.78, 5) is 0.313. The molecule has 0 saturated heterocycles. The van der Waals surface area contributed by atoms with E-state index in [0.717, 1.165) is 17.5 Å². The Kier molecular flexibility index (Phi) is 3.27. The van der Waals surface area contributed by atoms with Gasteiger partial charge in [-0.05, 0) is 62.4 Å². The Bertz CT molecular complexity index is 553. The monoisotopic (exact) mass is 280 g/mol. The van der Waals surface area contributed by atoms with E-state index in [1.165, 1.54) is 32.7 Å². The van der Waals surface area contributed by atoms with Crippen molar-refractivity contribution >= 4 is 15.7 Å². The molecule has 2 aliphatic rings. The van der Waals surface area contributed by atoms with Crippen molar-refractivity contribution < 1.29 is 8.42 Å². The Morgan fingerprint density at radius 3 is 2.37 bits per heavy atom.